The van der Waals surface area contributed by atoms with Crippen LogP contribution < -0.4 is 0 Å². The topological polar surface area (TPSA) is 41.6 Å². The first-order valence-electron chi connectivity index (χ1n) is 5.27. The first-order valence-corrected chi connectivity index (χ1v) is 6.06. The predicted octanol–water partition coefficient (Wildman–Crippen LogP) is 3.43. The molecule has 0 bridgehead atoms. The highest BCUT2D eigenvalue weighted by Gasteiger charge is 2.11. The zero-order chi connectivity index (χ0) is 12.6. The van der Waals surface area contributed by atoms with Crippen LogP contribution in [0.4, 0.5) is 0 Å². The number of rotatable bonds is 1. The van der Waals surface area contributed by atoms with Gasteiger partial charge in [-0.2, -0.15) is 10.4 Å². The zero-order valence-corrected chi connectivity index (χ0v) is 11.5. The molecule has 0 aliphatic rings. The normalized spacial score (nSPS) is 10.3. The van der Waals surface area contributed by atoms with Gasteiger partial charge < -0.3 is 0 Å². The van der Waals surface area contributed by atoms with Gasteiger partial charge in [0.2, 0.25) is 0 Å². The molecule has 17 heavy (non-hydrogen) atoms. The van der Waals surface area contributed by atoms with E-state index in [1.807, 2.05) is 24.6 Å². The quantitative estimate of drug-likeness (QED) is 0.807. The van der Waals surface area contributed by atoms with E-state index >= 15 is 0 Å². The molecule has 0 radical (unpaired) electrons. The maximum Gasteiger partial charge on any atom is 0.0992 e. The fourth-order valence-electron chi connectivity index (χ4n) is 1.70. The van der Waals surface area contributed by atoms with Crippen LogP contribution in [0.1, 0.15) is 22.5 Å². The molecule has 2 rings (SSSR count). The van der Waals surface area contributed by atoms with Gasteiger partial charge in [0, 0.05) is 10.2 Å². The highest BCUT2D eigenvalue weighted by molar-refractivity contribution is 9.10. The number of hydrogen-bond acceptors (Lipinski definition) is 2. The van der Waals surface area contributed by atoms with Gasteiger partial charge in [-0.05, 0) is 60.5 Å². The second-order valence-electron chi connectivity index (χ2n) is 3.99. The maximum absolute atomic E-state index is 8.83. The summed E-state index contributed by atoms with van der Waals surface area (Å²) in [6.07, 6.45) is 0. The lowest BCUT2D eigenvalue weighted by Crippen LogP contribution is -2.00. The average Bonchev–Trinajstić information content (AvgIpc) is 2.57. The Balaban J connectivity index is 2.62. The highest BCUT2D eigenvalue weighted by Crippen LogP contribution is 2.25. The van der Waals surface area contributed by atoms with Crippen molar-refractivity contribution in [3.63, 3.8) is 0 Å². The second-order valence-corrected chi connectivity index (χ2v) is 4.84. The lowest BCUT2D eigenvalue weighted by Gasteiger charge is -2.07. The number of halogens is 1. The van der Waals surface area contributed by atoms with Crippen molar-refractivity contribution in [3.8, 4) is 11.8 Å². The van der Waals surface area contributed by atoms with Gasteiger partial charge in [-0.25, -0.2) is 4.68 Å². The summed E-state index contributed by atoms with van der Waals surface area (Å²) >= 11 is 3.48. The van der Waals surface area contributed by atoms with Crippen LogP contribution in [0.25, 0.3) is 5.69 Å². The van der Waals surface area contributed by atoms with E-state index in [1.54, 1.807) is 12.1 Å². The lowest BCUT2D eigenvalue weighted by molar-refractivity contribution is 0.829. The third-order valence-corrected chi connectivity index (χ3v) is 3.59. The third kappa shape index (κ3) is 1.98. The Labute approximate surface area is 109 Å². The Hall–Kier alpha value is -1.60. The highest BCUT2D eigenvalue weighted by atomic mass is 79.9. The van der Waals surface area contributed by atoms with Gasteiger partial charge in [0.15, 0.2) is 0 Å². The van der Waals surface area contributed by atoms with Crippen LogP contribution in [0.5, 0.6) is 0 Å². The molecule has 0 saturated carbocycles. The number of aromatic nitrogens is 2. The number of nitrogens with zero attached hydrogens (tertiary/aromatic N) is 3. The molecule has 0 aliphatic heterocycles. The fourth-order valence-corrected chi connectivity index (χ4v) is 2.25. The molecule has 1 aromatic carbocycles. The Morgan fingerprint density at radius 3 is 2.47 bits per heavy atom. The monoisotopic (exact) mass is 289 g/mol. The predicted molar refractivity (Wildman–Crippen MR) is 70.2 cm³/mol. The molecule has 4 heteroatoms. The molecule has 0 fully saturated rings. The molecule has 0 N–H and O–H groups in total. The van der Waals surface area contributed by atoms with Crippen LogP contribution in [-0.4, -0.2) is 9.78 Å². The Kier molecular flexibility index (Phi) is 3.03. The minimum absolute atomic E-state index is 0.638. The van der Waals surface area contributed by atoms with E-state index in [9.17, 15) is 0 Å². The number of nitriles is 1. The van der Waals surface area contributed by atoms with Crippen LogP contribution >= 0.6 is 15.9 Å². The number of hydrogen-bond donors (Lipinski definition) is 0. The lowest BCUT2D eigenvalue weighted by atomic mass is 10.2. The molecule has 0 atom stereocenters. The summed E-state index contributed by atoms with van der Waals surface area (Å²) in [5, 5.41) is 13.3. The van der Waals surface area contributed by atoms with Crippen molar-refractivity contribution >= 4 is 15.9 Å². The molecule has 2 aromatic rings. The van der Waals surface area contributed by atoms with E-state index in [0.717, 1.165) is 21.5 Å². The standard InChI is InChI=1S/C13H12BrN3/c1-8-9(2)16-17(10(8)3)13-5-4-11(7-15)6-12(13)14/h4-6H,1-3H3. The van der Waals surface area contributed by atoms with E-state index in [4.69, 9.17) is 5.26 Å². The summed E-state index contributed by atoms with van der Waals surface area (Å²) in [6, 6.07) is 7.63. The molecular formula is C13H12BrN3. The first kappa shape index (κ1) is 11.9. The van der Waals surface area contributed by atoms with Gasteiger partial charge in [-0.15, -0.1) is 0 Å². The van der Waals surface area contributed by atoms with Crippen molar-refractivity contribution < 1.29 is 0 Å². The molecule has 0 spiro atoms. The minimum Gasteiger partial charge on any atom is -0.236 e. The summed E-state index contributed by atoms with van der Waals surface area (Å²) < 4.78 is 2.78. The van der Waals surface area contributed by atoms with Crippen molar-refractivity contribution in [2.24, 2.45) is 0 Å². The van der Waals surface area contributed by atoms with Crippen molar-refractivity contribution in [3.05, 3.63) is 45.2 Å². The molecule has 86 valence electrons. The SMILES string of the molecule is Cc1nn(-c2ccc(C#N)cc2Br)c(C)c1C. The average molecular weight is 290 g/mol. The van der Waals surface area contributed by atoms with Crippen LogP contribution in [0.15, 0.2) is 22.7 Å². The van der Waals surface area contributed by atoms with Crippen LogP contribution in [0.2, 0.25) is 0 Å². The molecule has 0 saturated heterocycles. The van der Waals surface area contributed by atoms with Crippen molar-refractivity contribution in [1.29, 1.82) is 5.26 Å². The maximum atomic E-state index is 8.83. The number of aryl methyl sites for hydroxylation is 1. The van der Waals surface area contributed by atoms with Crippen molar-refractivity contribution in [1.82, 2.24) is 9.78 Å². The molecule has 0 amide bonds. The first-order chi connectivity index (χ1) is 8.04. The molecule has 3 nitrogen and oxygen atoms in total. The van der Waals surface area contributed by atoms with Gasteiger partial charge in [0.05, 0.1) is 23.0 Å². The van der Waals surface area contributed by atoms with E-state index in [0.29, 0.717) is 5.56 Å². The summed E-state index contributed by atoms with van der Waals surface area (Å²) in [5.74, 6) is 0. The van der Waals surface area contributed by atoms with Gasteiger partial charge in [0.25, 0.3) is 0 Å². The van der Waals surface area contributed by atoms with E-state index < -0.39 is 0 Å². The van der Waals surface area contributed by atoms with Crippen LogP contribution in [0, 0.1) is 32.1 Å². The molecule has 1 aromatic heterocycles. The summed E-state index contributed by atoms with van der Waals surface area (Å²) in [6.45, 7) is 6.10. The summed E-state index contributed by atoms with van der Waals surface area (Å²) in [7, 11) is 0. The van der Waals surface area contributed by atoms with Gasteiger partial charge in [0.1, 0.15) is 0 Å². The third-order valence-electron chi connectivity index (χ3n) is 2.96. The Morgan fingerprint density at radius 2 is 2.00 bits per heavy atom. The number of benzene rings is 1. The fraction of sp³-hybridized carbons (Fsp3) is 0.231. The molecule has 0 unspecified atom stereocenters. The van der Waals surface area contributed by atoms with Gasteiger partial charge in [-0.1, -0.05) is 0 Å². The van der Waals surface area contributed by atoms with Crippen LogP contribution in [-0.2, 0) is 0 Å². The van der Waals surface area contributed by atoms with Gasteiger partial charge in [-0.3, -0.25) is 0 Å². The molecule has 0 aliphatic carbocycles. The Bertz CT molecular complexity index is 620. The largest absolute Gasteiger partial charge is 0.236 e. The van der Waals surface area contributed by atoms with E-state index in [-0.39, 0.29) is 0 Å². The van der Waals surface area contributed by atoms with Crippen molar-refractivity contribution in [2.45, 2.75) is 20.8 Å². The summed E-state index contributed by atoms with van der Waals surface area (Å²) in [5.41, 5.74) is 4.93. The van der Waals surface area contributed by atoms with Crippen LogP contribution in [0.3, 0.4) is 0 Å². The van der Waals surface area contributed by atoms with E-state index in [2.05, 4.69) is 34.0 Å². The smallest absolute Gasteiger partial charge is 0.0992 e. The zero-order valence-electron chi connectivity index (χ0n) is 9.95. The summed E-state index contributed by atoms with van der Waals surface area (Å²) in [4.78, 5) is 0. The van der Waals surface area contributed by atoms with Crippen molar-refractivity contribution in [2.75, 3.05) is 0 Å². The van der Waals surface area contributed by atoms with Gasteiger partial charge >= 0.3 is 0 Å². The van der Waals surface area contributed by atoms with E-state index in [1.165, 1.54) is 5.56 Å². The second kappa shape index (κ2) is 4.34. The molecule has 1 heterocycles. The minimum atomic E-state index is 0.638. The Morgan fingerprint density at radius 1 is 1.29 bits per heavy atom. The molecular weight excluding hydrogens is 278 g/mol.